The molecule has 0 aliphatic rings. The molecule has 0 aliphatic heterocycles. The van der Waals surface area contributed by atoms with E-state index in [9.17, 15) is 0 Å². The smallest absolute Gasteiger partial charge is 0.0234 e. The van der Waals surface area contributed by atoms with Crippen molar-refractivity contribution in [3.8, 4) is 0 Å². The van der Waals surface area contributed by atoms with Crippen LogP contribution in [0.1, 0.15) is 34.6 Å². The van der Waals surface area contributed by atoms with Crippen LogP contribution in [0, 0.1) is 0 Å². The summed E-state index contributed by atoms with van der Waals surface area (Å²) >= 11 is 0. The van der Waals surface area contributed by atoms with Crippen LogP contribution >= 0.6 is 13.5 Å². The van der Waals surface area contributed by atoms with Crippen molar-refractivity contribution < 1.29 is 0 Å². The van der Waals surface area contributed by atoms with Crippen molar-refractivity contribution in [3.63, 3.8) is 0 Å². The molecular formula is C13H24S. The standard InChI is InChI=1S/C11H16.C2H6.H2S/c1-6-10(5)11(7-2)8-9(3)4;1-2;/h6-8H,1-2H2,3-5H3;1-2H3;1H2/b11-10+;;. The van der Waals surface area contributed by atoms with Gasteiger partial charge in [-0.1, -0.05) is 50.8 Å². The molecular weight excluding hydrogens is 188 g/mol. The quantitative estimate of drug-likeness (QED) is 0.591. The second-order valence-corrected chi connectivity index (χ2v) is 2.77. The molecule has 0 aromatic carbocycles. The van der Waals surface area contributed by atoms with Gasteiger partial charge in [0.05, 0.1) is 0 Å². The fraction of sp³-hybridized carbons (Fsp3) is 0.385. The molecule has 0 spiro atoms. The van der Waals surface area contributed by atoms with Gasteiger partial charge in [-0.2, -0.15) is 13.5 Å². The van der Waals surface area contributed by atoms with E-state index in [0.717, 1.165) is 5.57 Å². The highest BCUT2D eigenvalue weighted by Gasteiger charge is 1.89. The van der Waals surface area contributed by atoms with Crippen molar-refractivity contribution >= 4 is 13.5 Å². The molecule has 0 aliphatic carbocycles. The summed E-state index contributed by atoms with van der Waals surface area (Å²) < 4.78 is 0. The first-order valence-electron chi connectivity index (χ1n) is 4.72. The van der Waals surface area contributed by atoms with Crippen LogP contribution < -0.4 is 0 Å². The molecule has 0 radical (unpaired) electrons. The van der Waals surface area contributed by atoms with Crippen LogP contribution in [0.2, 0.25) is 0 Å². The van der Waals surface area contributed by atoms with Gasteiger partial charge in [0.2, 0.25) is 0 Å². The number of hydrogen-bond acceptors (Lipinski definition) is 0. The summed E-state index contributed by atoms with van der Waals surface area (Å²) in [6.07, 6.45) is 5.80. The lowest BCUT2D eigenvalue weighted by molar-refractivity contribution is 1.35. The zero-order valence-electron chi connectivity index (χ0n) is 10.1. The third-order valence-corrected chi connectivity index (χ3v) is 1.43. The summed E-state index contributed by atoms with van der Waals surface area (Å²) in [5, 5.41) is 0. The number of hydrogen-bond donors (Lipinski definition) is 0. The van der Waals surface area contributed by atoms with Gasteiger partial charge < -0.3 is 0 Å². The molecule has 1 heteroatoms. The molecule has 0 amide bonds. The Balaban J connectivity index is -0.000000376. The maximum atomic E-state index is 3.73. The Labute approximate surface area is 96.6 Å². The van der Waals surface area contributed by atoms with E-state index in [4.69, 9.17) is 0 Å². The van der Waals surface area contributed by atoms with E-state index in [0.29, 0.717) is 0 Å². The second kappa shape index (κ2) is 12.3. The molecule has 0 N–H and O–H groups in total. The molecule has 0 saturated heterocycles. The summed E-state index contributed by atoms with van der Waals surface area (Å²) in [4.78, 5) is 0. The van der Waals surface area contributed by atoms with Gasteiger partial charge in [-0.15, -0.1) is 0 Å². The van der Waals surface area contributed by atoms with Crippen LogP contribution in [-0.4, -0.2) is 0 Å². The van der Waals surface area contributed by atoms with Crippen LogP contribution in [0.4, 0.5) is 0 Å². The zero-order chi connectivity index (χ0) is 10.9. The van der Waals surface area contributed by atoms with E-state index >= 15 is 0 Å². The van der Waals surface area contributed by atoms with E-state index in [1.165, 1.54) is 11.1 Å². The molecule has 0 bridgehead atoms. The lowest BCUT2D eigenvalue weighted by atomic mass is 10.1. The van der Waals surface area contributed by atoms with Crippen molar-refractivity contribution in [1.29, 1.82) is 0 Å². The first kappa shape index (κ1) is 19.0. The van der Waals surface area contributed by atoms with Gasteiger partial charge in [-0.25, -0.2) is 0 Å². The predicted octanol–water partition coefficient (Wildman–Crippen LogP) is 4.78. The lowest BCUT2D eigenvalue weighted by Gasteiger charge is -1.98. The highest BCUT2D eigenvalue weighted by atomic mass is 32.1. The number of rotatable bonds is 3. The molecule has 0 heterocycles. The average molecular weight is 212 g/mol. The van der Waals surface area contributed by atoms with Gasteiger partial charge >= 0.3 is 0 Å². The van der Waals surface area contributed by atoms with E-state index in [2.05, 4.69) is 33.1 Å². The summed E-state index contributed by atoms with van der Waals surface area (Å²) in [7, 11) is 0. The maximum absolute atomic E-state index is 3.73. The fourth-order valence-corrected chi connectivity index (χ4v) is 0.763. The maximum Gasteiger partial charge on any atom is -0.0234 e. The minimum absolute atomic E-state index is 0. The SMILES string of the molecule is C=C/C(C)=C(\C=C)C=C(C)C.CC.S. The molecule has 0 atom stereocenters. The van der Waals surface area contributed by atoms with Crippen molar-refractivity contribution in [2.24, 2.45) is 0 Å². The Morgan fingerprint density at radius 1 is 0.929 bits per heavy atom. The molecule has 0 unspecified atom stereocenters. The largest absolute Gasteiger partial charge is 0.197 e. The molecule has 0 rings (SSSR count). The zero-order valence-corrected chi connectivity index (χ0v) is 11.1. The molecule has 0 fully saturated rings. The van der Waals surface area contributed by atoms with E-state index in [1.807, 2.05) is 32.9 Å². The van der Waals surface area contributed by atoms with E-state index < -0.39 is 0 Å². The van der Waals surface area contributed by atoms with Gasteiger partial charge in [-0.05, 0) is 31.9 Å². The van der Waals surface area contributed by atoms with Gasteiger partial charge in [0.25, 0.3) is 0 Å². The van der Waals surface area contributed by atoms with Crippen LogP contribution in [0.15, 0.2) is 48.1 Å². The van der Waals surface area contributed by atoms with Crippen molar-refractivity contribution in [1.82, 2.24) is 0 Å². The molecule has 14 heavy (non-hydrogen) atoms. The first-order chi connectivity index (χ1) is 6.11. The van der Waals surface area contributed by atoms with Crippen molar-refractivity contribution in [2.45, 2.75) is 34.6 Å². The van der Waals surface area contributed by atoms with Gasteiger partial charge in [-0.3, -0.25) is 0 Å². The Morgan fingerprint density at radius 2 is 1.36 bits per heavy atom. The van der Waals surface area contributed by atoms with Crippen LogP contribution in [0.5, 0.6) is 0 Å². The average Bonchev–Trinajstić information content (AvgIpc) is 2.16. The highest BCUT2D eigenvalue weighted by Crippen LogP contribution is 2.09. The molecule has 0 aromatic heterocycles. The van der Waals surface area contributed by atoms with Crippen LogP contribution in [-0.2, 0) is 0 Å². The monoisotopic (exact) mass is 212 g/mol. The summed E-state index contributed by atoms with van der Waals surface area (Å²) in [6, 6.07) is 0. The Morgan fingerprint density at radius 3 is 1.57 bits per heavy atom. The predicted molar refractivity (Wildman–Crippen MR) is 74.3 cm³/mol. The highest BCUT2D eigenvalue weighted by molar-refractivity contribution is 7.59. The third-order valence-electron chi connectivity index (χ3n) is 1.43. The molecule has 0 saturated carbocycles. The minimum atomic E-state index is 0. The minimum Gasteiger partial charge on any atom is -0.197 e. The van der Waals surface area contributed by atoms with E-state index in [-0.39, 0.29) is 13.5 Å². The van der Waals surface area contributed by atoms with Crippen molar-refractivity contribution in [3.05, 3.63) is 48.1 Å². The lowest BCUT2D eigenvalue weighted by Crippen LogP contribution is -1.78. The van der Waals surface area contributed by atoms with Gasteiger partial charge in [0, 0.05) is 0 Å². The molecule has 0 aromatic rings. The van der Waals surface area contributed by atoms with Gasteiger partial charge in [0.1, 0.15) is 0 Å². The van der Waals surface area contributed by atoms with Gasteiger partial charge in [0.15, 0.2) is 0 Å². The summed E-state index contributed by atoms with van der Waals surface area (Å²) in [5.74, 6) is 0. The number of allylic oxidation sites excluding steroid dienone is 6. The molecule has 82 valence electrons. The Hall–Kier alpha value is -0.690. The summed E-state index contributed by atoms with van der Waals surface area (Å²) in [5.41, 5.74) is 3.60. The van der Waals surface area contributed by atoms with E-state index in [1.54, 1.807) is 0 Å². The second-order valence-electron chi connectivity index (χ2n) is 2.77. The Kier molecular flexibility index (Phi) is 16.7. The van der Waals surface area contributed by atoms with Crippen LogP contribution in [0.3, 0.4) is 0 Å². The fourth-order valence-electron chi connectivity index (χ4n) is 0.763. The van der Waals surface area contributed by atoms with Crippen LogP contribution in [0.25, 0.3) is 0 Å². The third kappa shape index (κ3) is 9.40. The van der Waals surface area contributed by atoms with Crippen molar-refractivity contribution in [2.75, 3.05) is 0 Å². The normalized spacial score (nSPS) is 9.50. The first-order valence-corrected chi connectivity index (χ1v) is 4.72. The topological polar surface area (TPSA) is 0 Å². The summed E-state index contributed by atoms with van der Waals surface area (Å²) in [6.45, 7) is 17.6. The Bertz CT molecular complexity index is 215. The molecule has 0 nitrogen and oxygen atoms in total.